The summed E-state index contributed by atoms with van der Waals surface area (Å²) in [6.07, 6.45) is 5.56. The van der Waals surface area contributed by atoms with Gasteiger partial charge in [-0.05, 0) is 25.8 Å². The predicted molar refractivity (Wildman–Crippen MR) is 81.0 cm³/mol. The molecule has 0 aliphatic heterocycles. The largest absolute Gasteiger partial charge is 0.481 e. The fraction of sp³-hybridized carbons (Fsp3) is 0.533. The first-order valence-electron chi connectivity index (χ1n) is 7.72. The summed E-state index contributed by atoms with van der Waals surface area (Å²) in [5.74, 6) is -0.969. The van der Waals surface area contributed by atoms with Gasteiger partial charge in [0.2, 0.25) is 5.82 Å². The smallest absolute Gasteiger partial charge is 0.311 e. The van der Waals surface area contributed by atoms with Crippen molar-refractivity contribution in [2.75, 3.05) is 6.54 Å². The second-order valence-electron chi connectivity index (χ2n) is 6.06. The van der Waals surface area contributed by atoms with E-state index < -0.39 is 17.3 Å². The van der Waals surface area contributed by atoms with E-state index in [1.807, 2.05) is 6.92 Å². The summed E-state index contributed by atoms with van der Waals surface area (Å²) in [6, 6.07) is 1.77. The Morgan fingerprint density at radius 2 is 2.09 bits per heavy atom. The van der Waals surface area contributed by atoms with E-state index in [2.05, 4.69) is 20.4 Å². The van der Waals surface area contributed by atoms with Gasteiger partial charge in [-0.2, -0.15) is 4.98 Å². The minimum atomic E-state index is -0.874. The van der Waals surface area contributed by atoms with E-state index in [0.717, 1.165) is 25.0 Å². The molecule has 1 aliphatic carbocycles. The first kappa shape index (κ1) is 15.4. The number of hydrogen-bond donors (Lipinski definition) is 2. The molecule has 0 saturated heterocycles. The van der Waals surface area contributed by atoms with Crippen LogP contribution in [0.15, 0.2) is 12.3 Å². The zero-order valence-electron chi connectivity index (χ0n) is 12.9. The molecule has 122 valence electrons. The lowest BCUT2D eigenvalue weighted by Gasteiger charge is -2.32. The standard InChI is InChI=1S/C15H19N5O3/c1-10-5-8-16-14-18-11(19-20(10)14)12(21)17-9-15(13(22)23)6-3-2-4-7-15/h5,8H,2-4,6-7,9H2,1H3,(H,17,21)(H,22,23). The molecular formula is C15H19N5O3. The van der Waals surface area contributed by atoms with Crippen molar-refractivity contribution in [1.29, 1.82) is 0 Å². The maximum atomic E-state index is 12.3. The van der Waals surface area contributed by atoms with Gasteiger partial charge in [0, 0.05) is 18.4 Å². The number of aromatic nitrogens is 4. The van der Waals surface area contributed by atoms with Crippen molar-refractivity contribution in [2.24, 2.45) is 5.41 Å². The number of rotatable bonds is 4. The van der Waals surface area contributed by atoms with E-state index >= 15 is 0 Å². The molecule has 1 fully saturated rings. The molecule has 1 amide bonds. The van der Waals surface area contributed by atoms with Crippen molar-refractivity contribution >= 4 is 17.7 Å². The fourth-order valence-corrected chi connectivity index (χ4v) is 3.03. The number of carboxylic acid groups (broad SMARTS) is 1. The van der Waals surface area contributed by atoms with Crippen LogP contribution in [-0.2, 0) is 4.79 Å². The normalized spacial score (nSPS) is 17.1. The molecule has 8 heteroatoms. The number of carbonyl (C=O) groups is 2. The molecule has 2 heterocycles. The van der Waals surface area contributed by atoms with Crippen LogP contribution < -0.4 is 5.32 Å². The first-order chi connectivity index (χ1) is 11.0. The number of nitrogens with one attached hydrogen (secondary N) is 1. The summed E-state index contributed by atoms with van der Waals surface area (Å²) in [5, 5.41) is 16.3. The average molecular weight is 317 g/mol. The number of carbonyl (C=O) groups excluding carboxylic acids is 1. The summed E-state index contributed by atoms with van der Waals surface area (Å²) < 4.78 is 1.49. The lowest BCUT2D eigenvalue weighted by atomic mass is 9.74. The molecule has 0 unspecified atom stereocenters. The summed E-state index contributed by atoms with van der Waals surface area (Å²) in [5.41, 5.74) is -0.0582. The predicted octanol–water partition coefficient (Wildman–Crippen LogP) is 1.20. The van der Waals surface area contributed by atoms with E-state index in [-0.39, 0.29) is 12.4 Å². The van der Waals surface area contributed by atoms with Crippen LogP contribution in [0.2, 0.25) is 0 Å². The Balaban J connectivity index is 1.75. The molecule has 2 aromatic rings. The van der Waals surface area contributed by atoms with Crippen LogP contribution in [0.1, 0.15) is 48.4 Å². The van der Waals surface area contributed by atoms with Gasteiger partial charge in [-0.1, -0.05) is 19.3 Å². The van der Waals surface area contributed by atoms with Crippen LogP contribution in [-0.4, -0.2) is 43.1 Å². The molecule has 0 spiro atoms. The molecule has 1 saturated carbocycles. The lowest BCUT2D eigenvalue weighted by molar-refractivity contribution is -0.150. The molecule has 0 aromatic carbocycles. The maximum absolute atomic E-state index is 12.3. The second kappa shape index (κ2) is 5.94. The zero-order chi connectivity index (χ0) is 16.4. The van der Waals surface area contributed by atoms with Crippen LogP contribution >= 0.6 is 0 Å². The molecule has 3 rings (SSSR count). The third-order valence-corrected chi connectivity index (χ3v) is 4.48. The molecule has 1 aliphatic rings. The number of nitrogens with zero attached hydrogens (tertiary/aromatic N) is 4. The van der Waals surface area contributed by atoms with Crippen LogP contribution in [0.5, 0.6) is 0 Å². The van der Waals surface area contributed by atoms with Gasteiger partial charge in [0.1, 0.15) is 0 Å². The van der Waals surface area contributed by atoms with Gasteiger partial charge in [-0.3, -0.25) is 9.59 Å². The quantitative estimate of drug-likeness (QED) is 0.877. The van der Waals surface area contributed by atoms with Crippen molar-refractivity contribution in [2.45, 2.75) is 39.0 Å². The Bertz CT molecular complexity index is 749. The Morgan fingerprint density at radius 1 is 1.35 bits per heavy atom. The Hall–Kier alpha value is -2.51. The zero-order valence-corrected chi connectivity index (χ0v) is 12.9. The Morgan fingerprint density at radius 3 is 2.74 bits per heavy atom. The SMILES string of the molecule is Cc1ccnc2nc(C(=O)NCC3(C(=O)O)CCCCC3)nn12. The number of aliphatic carboxylic acids is 1. The van der Waals surface area contributed by atoms with Gasteiger partial charge < -0.3 is 10.4 Å². The van der Waals surface area contributed by atoms with Crippen molar-refractivity contribution in [3.05, 3.63) is 23.8 Å². The van der Waals surface area contributed by atoms with E-state index in [1.165, 1.54) is 4.52 Å². The minimum Gasteiger partial charge on any atom is -0.481 e. The number of aryl methyl sites for hydroxylation is 1. The van der Waals surface area contributed by atoms with Crippen LogP contribution in [0.25, 0.3) is 5.78 Å². The summed E-state index contributed by atoms with van der Waals surface area (Å²) in [6.45, 7) is 1.94. The monoisotopic (exact) mass is 317 g/mol. The topological polar surface area (TPSA) is 109 Å². The van der Waals surface area contributed by atoms with Crippen molar-refractivity contribution < 1.29 is 14.7 Å². The number of carboxylic acids is 1. The van der Waals surface area contributed by atoms with Crippen LogP contribution in [0.3, 0.4) is 0 Å². The third-order valence-electron chi connectivity index (χ3n) is 4.48. The van der Waals surface area contributed by atoms with Crippen LogP contribution in [0.4, 0.5) is 0 Å². The van der Waals surface area contributed by atoms with Gasteiger partial charge in [0.15, 0.2) is 0 Å². The highest BCUT2D eigenvalue weighted by Crippen LogP contribution is 2.36. The van der Waals surface area contributed by atoms with Gasteiger partial charge in [-0.25, -0.2) is 9.50 Å². The van der Waals surface area contributed by atoms with Gasteiger partial charge in [-0.15, -0.1) is 5.10 Å². The van der Waals surface area contributed by atoms with Crippen molar-refractivity contribution in [3.63, 3.8) is 0 Å². The number of fused-ring (bicyclic) bond motifs is 1. The first-order valence-corrected chi connectivity index (χ1v) is 7.72. The van der Waals surface area contributed by atoms with E-state index in [4.69, 9.17) is 0 Å². The molecule has 0 radical (unpaired) electrons. The maximum Gasteiger partial charge on any atom is 0.311 e. The highest BCUT2D eigenvalue weighted by atomic mass is 16.4. The fourth-order valence-electron chi connectivity index (χ4n) is 3.03. The van der Waals surface area contributed by atoms with Gasteiger partial charge in [0.05, 0.1) is 5.41 Å². The Labute approximate surface area is 132 Å². The Kier molecular flexibility index (Phi) is 3.97. The highest BCUT2D eigenvalue weighted by molar-refractivity contribution is 5.91. The molecule has 8 nitrogen and oxygen atoms in total. The molecule has 23 heavy (non-hydrogen) atoms. The molecule has 2 N–H and O–H groups in total. The third kappa shape index (κ3) is 2.88. The summed E-state index contributed by atoms with van der Waals surface area (Å²) in [7, 11) is 0. The highest BCUT2D eigenvalue weighted by Gasteiger charge is 2.40. The minimum absolute atomic E-state index is 0.00292. The lowest BCUT2D eigenvalue weighted by Crippen LogP contribution is -2.44. The molecule has 0 atom stereocenters. The number of hydrogen-bond acceptors (Lipinski definition) is 5. The van der Waals surface area contributed by atoms with E-state index in [0.29, 0.717) is 18.6 Å². The van der Waals surface area contributed by atoms with Crippen LogP contribution in [0, 0.1) is 12.3 Å². The number of amides is 1. The van der Waals surface area contributed by atoms with Gasteiger partial charge in [0.25, 0.3) is 11.7 Å². The average Bonchev–Trinajstić information content (AvgIpc) is 2.99. The van der Waals surface area contributed by atoms with E-state index in [9.17, 15) is 14.7 Å². The summed E-state index contributed by atoms with van der Waals surface area (Å²) >= 11 is 0. The molecule has 2 aromatic heterocycles. The van der Waals surface area contributed by atoms with Crippen molar-refractivity contribution in [3.8, 4) is 0 Å². The van der Waals surface area contributed by atoms with E-state index in [1.54, 1.807) is 12.3 Å². The molecular weight excluding hydrogens is 298 g/mol. The second-order valence-corrected chi connectivity index (χ2v) is 6.06. The van der Waals surface area contributed by atoms with Gasteiger partial charge >= 0.3 is 5.97 Å². The summed E-state index contributed by atoms with van der Waals surface area (Å²) in [4.78, 5) is 32.0. The van der Waals surface area contributed by atoms with Crippen molar-refractivity contribution in [1.82, 2.24) is 24.9 Å². The molecule has 0 bridgehead atoms.